The lowest BCUT2D eigenvalue weighted by atomic mass is 10.0. The summed E-state index contributed by atoms with van der Waals surface area (Å²) in [5, 5.41) is 0. The van der Waals surface area contributed by atoms with E-state index >= 15 is 0 Å². The molecule has 2 fully saturated rings. The molecule has 1 unspecified atom stereocenters. The summed E-state index contributed by atoms with van der Waals surface area (Å²) >= 11 is 0. The van der Waals surface area contributed by atoms with Gasteiger partial charge in [0.1, 0.15) is 5.69 Å². The largest absolute Gasteiger partial charge is 0.481 e. The van der Waals surface area contributed by atoms with Crippen LogP contribution in [0.3, 0.4) is 0 Å². The van der Waals surface area contributed by atoms with Crippen LogP contribution in [0.1, 0.15) is 25.7 Å². The molecule has 0 aromatic carbocycles. The van der Waals surface area contributed by atoms with Crippen molar-refractivity contribution in [1.29, 1.82) is 0 Å². The molecule has 0 bridgehead atoms. The van der Waals surface area contributed by atoms with Gasteiger partial charge in [-0.15, -0.1) is 0 Å². The van der Waals surface area contributed by atoms with Crippen molar-refractivity contribution in [2.75, 3.05) is 31.6 Å². The van der Waals surface area contributed by atoms with Crippen molar-refractivity contribution in [3.8, 4) is 17.0 Å². The highest BCUT2D eigenvalue weighted by molar-refractivity contribution is 5.87. The van der Waals surface area contributed by atoms with Gasteiger partial charge in [0.05, 0.1) is 7.11 Å². The highest BCUT2D eigenvalue weighted by Gasteiger charge is 2.33. The van der Waals surface area contributed by atoms with Crippen LogP contribution in [-0.2, 0) is 4.79 Å². The van der Waals surface area contributed by atoms with E-state index in [1.165, 1.54) is 18.9 Å². The van der Waals surface area contributed by atoms with Gasteiger partial charge in [-0.05, 0) is 55.4 Å². The Morgan fingerprint density at radius 2 is 2.20 bits per heavy atom. The van der Waals surface area contributed by atoms with Gasteiger partial charge in [-0.3, -0.25) is 9.59 Å². The number of carbonyl (C=O) groups is 1. The van der Waals surface area contributed by atoms with Crippen molar-refractivity contribution in [3.63, 3.8) is 0 Å². The number of hydrogen-bond acceptors (Lipinski definition) is 5. The van der Waals surface area contributed by atoms with Gasteiger partial charge in [0.25, 0.3) is 5.56 Å². The summed E-state index contributed by atoms with van der Waals surface area (Å²) < 4.78 is 5.24. The van der Waals surface area contributed by atoms with E-state index in [2.05, 4.69) is 21.4 Å². The summed E-state index contributed by atoms with van der Waals surface area (Å²) in [6.45, 7) is 5.82. The van der Waals surface area contributed by atoms with E-state index in [0.29, 0.717) is 24.0 Å². The standard InChI is InChI=1S/C23H28N4O3/c1-3-22(28)26-10-4-5-19(15-26)27(14-16-6-7-16)20-11-18(13-25-23(20)29)17-8-9-24-21(12-17)30-2/h3,8-9,11-13,16,19H,1,4-7,10,14-15H2,2H3,(H,25,29). The fraction of sp³-hybridized carbons (Fsp3) is 0.435. The molecule has 1 atom stereocenters. The Balaban J connectivity index is 1.67. The molecule has 1 saturated carbocycles. The van der Waals surface area contributed by atoms with Gasteiger partial charge < -0.3 is 19.5 Å². The first-order valence-corrected chi connectivity index (χ1v) is 10.5. The highest BCUT2D eigenvalue weighted by Crippen LogP contribution is 2.34. The molecule has 2 aromatic heterocycles. The maximum atomic E-state index is 12.9. The number of aromatic nitrogens is 2. The average Bonchev–Trinajstić information content (AvgIpc) is 3.62. The number of hydrogen-bond donors (Lipinski definition) is 1. The maximum absolute atomic E-state index is 12.9. The Bertz CT molecular complexity index is 982. The third-order valence-corrected chi connectivity index (χ3v) is 5.95. The van der Waals surface area contributed by atoms with Crippen LogP contribution in [0, 0.1) is 5.92 Å². The fourth-order valence-electron chi connectivity index (χ4n) is 4.11. The number of pyridine rings is 2. The summed E-state index contributed by atoms with van der Waals surface area (Å²) in [6.07, 6.45) is 9.06. The predicted molar refractivity (Wildman–Crippen MR) is 117 cm³/mol. The number of methoxy groups -OCH3 is 1. The fourth-order valence-corrected chi connectivity index (χ4v) is 4.11. The van der Waals surface area contributed by atoms with E-state index in [0.717, 1.165) is 37.1 Å². The Hall–Kier alpha value is -3.09. The van der Waals surface area contributed by atoms with Gasteiger partial charge >= 0.3 is 0 Å². The normalized spacial score (nSPS) is 18.7. The van der Waals surface area contributed by atoms with E-state index in [-0.39, 0.29) is 17.5 Å². The molecule has 2 aromatic rings. The van der Waals surface area contributed by atoms with Gasteiger partial charge in [0.15, 0.2) is 0 Å². The zero-order chi connectivity index (χ0) is 21.1. The molecule has 30 heavy (non-hydrogen) atoms. The molecule has 7 nitrogen and oxygen atoms in total. The first-order chi connectivity index (χ1) is 14.6. The van der Waals surface area contributed by atoms with Crippen LogP contribution < -0.4 is 15.2 Å². The van der Waals surface area contributed by atoms with Gasteiger partial charge in [-0.2, -0.15) is 0 Å². The number of H-pyrrole nitrogens is 1. The molecule has 0 spiro atoms. The highest BCUT2D eigenvalue weighted by atomic mass is 16.5. The minimum Gasteiger partial charge on any atom is -0.481 e. The topological polar surface area (TPSA) is 78.5 Å². The number of piperidine rings is 1. The van der Waals surface area contributed by atoms with E-state index in [4.69, 9.17) is 4.74 Å². The SMILES string of the molecule is C=CC(=O)N1CCCC(N(CC2CC2)c2cc(-c3ccnc(OC)c3)c[nH]c2=O)C1. The van der Waals surface area contributed by atoms with Crippen molar-refractivity contribution in [3.05, 3.63) is 53.6 Å². The number of nitrogens with one attached hydrogen (secondary N) is 1. The number of amides is 1. The molecule has 0 radical (unpaired) electrons. The summed E-state index contributed by atoms with van der Waals surface area (Å²) in [5.74, 6) is 1.10. The Kier molecular flexibility index (Phi) is 5.88. The number of carbonyl (C=O) groups excluding carboxylic acids is 1. The molecule has 1 aliphatic carbocycles. The molecule has 2 aliphatic rings. The van der Waals surface area contributed by atoms with Crippen LogP contribution in [-0.4, -0.2) is 53.6 Å². The Morgan fingerprint density at radius 1 is 1.37 bits per heavy atom. The molecule has 4 rings (SSSR count). The lowest BCUT2D eigenvalue weighted by molar-refractivity contribution is -0.127. The minimum atomic E-state index is -0.104. The van der Waals surface area contributed by atoms with Crippen molar-refractivity contribution < 1.29 is 9.53 Å². The molecule has 7 heteroatoms. The smallest absolute Gasteiger partial charge is 0.271 e. The van der Waals surface area contributed by atoms with Crippen LogP contribution in [0.2, 0.25) is 0 Å². The molecule has 158 valence electrons. The molecular weight excluding hydrogens is 380 g/mol. The molecule has 1 aliphatic heterocycles. The summed E-state index contributed by atoms with van der Waals surface area (Å²) in [4.78, 5) is 36.2. The Labute approximate surface area is 176 Å². The number of likely N-dealkylation sites (tertiary alicyclic amines) is 1. The molecule has 1 N–H and O–H groups in total. The lowest BCUT2D eigenvalue weighted by Crippen LogP contribution is -2.51. The third kappa shape index (κ3) is 4.40. The summed E-state index contributed by atoms with van der Waals surface area (Å²) in [7, 11) is 1.58. The van der Waals surface area contributed by atoms with Crippen LogP contribution in [0.25, 0.3) is 11.1 Å². The quantitative estimate of drug-likeness (QED) is 0.713. The zero-order valence-electron chi connectivity index (χ0n) is 17.3. The average molecular weight is 409 g/mol. The number of rotatable bonds is 7. The Morgan fingerprint density at radius 3 is 2.93 bits per heavy atom. The van der Waals surface area contributed by atoms with Crippen molar-refractivity contribution in [2.45, 2.75) is 31.7 Å². The van der Waals surface area contributed by atoms with Crippen LogP contribution in [0.4, 0.5) is 5.69 Å². The summed E-state index contributed by atoms with van der Waals surface area (Å²) in [6, 6.07) is 5.82. The predicted octanol–water partition coefficient (Wildman–Crippen LogP) is 2.84. The minimum absolute atomic E-state index is 0.0439. The van der Waals surface area contributed by atoms with Gasteiger partial charge in [-0.1, -0.05) is 6.58 Å². The van der Waals surface area contributed by atoms with Crippen LogP contribution in [0.15, 0.2) is 48.0 Å². The third-order valence-electron chi connectivity index (χ3n) is 5.95. The first kappa shape index (κ1) is 20.2. The maximum Gasteiger partial charge on any atom is 0.271 e. The van der Waals surface area contributed by atoms with E-state index < -0.39 is 0 Å². The van der Waals surface area contributed by atoms with E-state index in [1.807, 2.05) is 23.1 Å². The van der Waals surface area contributed by atoms with E-state index in [1.54, 1.807) is 19.5 Å². The van der Waals surface area contributed by atoms with E-state index in [9.17, 15) is 9.59 Å². The summed E-state index contributed by atoms with van der Waals surface area (Å²) in [5.41, 5.74) is 2.39. The number of nitrogens with zero attached hydrogens (tertiary/aromatic N) is 3. The number of aromatic amines is 1. The number of anilines is 1. The van der Waals surface area contributed by atoms with Crippen molar-refractivity contribution in [1.82, 2.24) is 14.9 Å². The molecule has 1 saturated heterocycles. The first-order valence-electron chi connectivity index (χ1n) is 10.5. The lowest BCUT2D eigenvalue weighted by Gasteiger charge is -2.40. The molecule has 1 amide bonds. The van der Waals surface area contributed by atoms with Crippen molar-refractivity contribution >= 4 is 11.6 Å². The van der Waals surface area contributed by atoms with Gasteiger partial charge in [-0.25, -0.2) is 4.98 Å². The second-order valence-electron chi connectivity index (χ2n) is 8.07. The molecular formula is C23H28N4O3. The molecule has 3 heterocycles. The van der Waals surface area contributed by atoms with Crippen molar-refractivity contribution in [2.24, 2.45) is 5.92 Å². The van der Waals surface area contributed by atoms with Gasteiger partial charge in [0, 0.05) is 49.7 Å². The van der Waals surface area contributed by atoms with Crippen LogP contribution in [0.5, 0.6) is 5.88 Å². The second kappa shape index (κ2) is 8.73. The number of ether oxygens (including phenoxy) is 1. The van der Waals surface area contributed by atoms with Gasteiger partial charge in [0.2, 0.25) is 11.8 Å². The zero-order valence-corrected chi connectivity index (χ0v) is 17.3. The second-order valence-corrected chi connectivity index (χ2v) is 8.07. The monoisotopic (exact) mass is 408 g/mol. The van der Waals surface area contributed by atoms with Crippen LogP contribution >= 0.6 is 0 Å².